The van der Waals surface area contributed by atoms with Gasteiger partial charge in [-0.3, -0.25) is 0 Å². The summed E-state index contributed by atoms with van der Waals surface area (Å²) in [6.45, 7) is 0. The smallest absolute Gasteiger partial charge is 0.417 e. The van der Waals surface area contributed by atoms with Crippen LogP contribution in [-0.4, -0.2) is 0 Å². The molecule has 1 radical (unpaired) electrons. The summed E-state index contributed by atoms with van der Waals surface area (Å²) >= 11 is 0. The Labute approximate surface area is 115 Å². The van der Waals surface area contributed by atoms with Crippen LogP contribution in [0.1, 0.15) is 11.1 Å². The van der Waals surface area contributed by atoms with Gasteiger partial charge in [-0.15, -0.1) is 0 Å². The van der Waals surface area contributed by atoms with E-state index in [1.807, 2.05) is 6.07 Å². The molecule has 0 bridgehead atoms. The standard InChI is InChI=1S/C14H7F6O/c15-13(16,17)9-4-6-11(7-5-9)21-12-3-1-2-10(8-12)14(18,19)20/h1,3-8H. The molecule has 0 heterocycles. The molecular formula is C14H7F6O. The zero-order valence-corrected chi connectivity index (χ0v) is 10.2. The summed E-state index contributed by atoms with van der Waals surface area (Å²) in [4.78, 5) is 0. The van der Waals surface area contributed by atoms with Crippen molar-refractivity contribution in [3.63, 3.8) is 0 Å². The van der Waals surface area contributed by atoms with E-state index in [2.05, 4.69) is 0 Å². The molecule has 0 aliphatic heterocycles. The van der Waals surface area contributed by atoms with Crippen LogP contribution >= 0.6 is 0 Å². The van der Waals surface area contributed by atoms with E-state index in [1.165, 1.54) is 6.07 Å². The lowest BCUT2D eigenvalue weighted by atomic mass is 10.2. The van der Waals surface area contributed by atoms with E-state index in [-0.39, 0.29) is 11.5 Å². The molecule has 0 aliphatic carbocycles. The molecule has 1 nitrogen and oxygen atoms in total. The highest BCUT2D eigenvalue weighted by molar-refractivity contribution is 5.36. The molecule has 0 aromatic heterocycles. The Hall–Kier alpha value is -2.18. The van der Waals surface area contributed by atoms with Gasteiger partial charge in [0.05, 0.1) is 11.1 Å². The van der Waals surface area contributed by atoms with Crippen LogP contribution in [0, 0.1) is 6.07 Å². The fourth-order valence-corrected chi connectivity index (χ4v) is 1.52. The highest BCUT2D eigenvalue weighted by Gasteiger charge is 2.31. The lowest BCUT2D eigenvalue weighted by Crippen LogP contribution is -2.05. The Balaban J connectivity index is 2.19. The number of hydrogen-bond donors (Lipinski definition) is 0. The van der Waals surface area contributed by atoms with Crippen LogP contribution < -0.4 is 4.74 Å². The maximum Gasteiger partial charge on any atom is 0.417 e. The summed E-state index contributed by atoms with van der Waals surface area (Å²) in [7, 11) is 0. The first-order valence-corrected chi connectivity index (χ1v) is 5.60. The fraction of sp³-hybridized carbons (Fsp3) is 0.143. The molecule has 2 rings (SSSR count). The Morgan fingerprint density at radius 1 is 0.762 bits per heavy atom. The predicted octanol–water partition coefficient (Wildman–Crippen LogP) is 5.32. The van der Waals surface area contributed by atoms with Crippen molar-refractivity contribution in [3.8, 4) is 11.5 Å². The van der Waals surface area contributed by atoms with Crippen molar-refractivity contribution in [1.82, 2.24) is 0 Å². The van der Waals surface area contributed by atoms with E-state index in [0.717, 1.165) is 36.4 Å². The van der Waals surface area contributed by atoms with Gasteiger partial charge in [-0.2, -0.15) is 26.3 Å². The second kappa shape index (κ2) is 5.31. The van der Waals surface area contributed by atoms with Gasteiger partial charge < -0.3 is 4.74 Å². The zero-order chi connectivity index (χ0) is 15.7. The van der Waals surface area contributed by atoms with E-state index in [9.17, 15) is 26.3 Å². The van der Waals surface area contributed by atoms with E-state index < -0.39 is 23.5 Å². The van der Waals surface area contributed by atoms with Gasteiger partial charge in [-0.25, -0.2) is 0 Å². The van der Waals surface area contributed by atoms with Crippen molar-refractivity contribution in [3.05, 3.63) is 59.7 Å². The van der Waals surface area contributed by atoms with Crippen molar-refractivity contribution >= 4 is 0 Å². The van der Waals surface area contributed by atoms with Crippen LogP contribution in [0.4, 0.5) is 26.3 Å². The van der Waals surface area contributed by atoms with Crippen molar-refractivity contribution in [1.29, 1.82) is 0 Å². The van der Waals surface area contributed by atoms with Crippen LogP contribution in [0.15, 0.2) is 42.5 Å². The average Bonchev–Trinajstić information content (AvgIpc) is 2.37. The predicted molar refractivity (Wildman–Crippen MR) is 61.8 cm³/mol. The lowest BCUT2D eigenvalue weighted by molar-refractivity contribution is -0.138. The third-order valence-electron chi connectivity index (χ3n) is 2.50. The summed E-state index contributed by atoms with van der Waals surface area (Å²) in [5.74, 6) is -0.136. The van der Waals surface area contributed by atoms with Crippen LogP contribution in [0.25, 0.3) is 0 Å². The minimum Gasteiger partial charge on any atom is -0.457 e. The molecule has 111 valence electrons. The van der Waals surface area contributed by atoms with Crippen LogP contribution in [-0.2, 0) is 12.4 Å². The van der Waals surface area contributed by atoms with Crippen LogP contribution in [0.2, 0.25) is 0 Å². The number of ether oxygens (including phenoxy) is 1. The van der Waals surface area contributed by atoms with Crippen molar-refractivity contribution < 1.29 is 31.1 Å². The Kier molecular flexibility index (Phi) is 3.85. The first-order chi connectivity index (χ1) is 9.66. The maximum absolute atomic E-state index is 12.5. The first-order valence-electron chi connectivity index (χ1n) is 5.60. The van der Waals surface area contributed by atoms with E-state index in [0.29, 0.717) is 0 Å². The molecule has 0 fully saturated rings. The van der Waals surface area contributed by atoms with E-state index in [1.54, 1.807) is 0 Å². The van der Waals surface area contributed by atoms with Gasteiger partial charge in [-0.1, -0.05) is 6.07 Å². The van der Waals surface area contributed by atoms with Crippen molar-refractivity contribution in [2.45, 2.75) is 12.4 Å². The number of hydrogen-bond acceptors (Lipinski definition) is 1. The maximum atomic E-state index is 12.5. The molecule has 0 spiro atoms. The Bertz CT molecular complexity index is 613. The van der Waals surface area contributed by atoms with Gasteiger partial charge in [0.25, 0.3) is 0 Å². The van der Waals surface area contributed by atoms with Crippen LogP contribution in [0.3, 0.4) is 0 Å². The largest absolute Gasteiger partial charge is 0.457 e. The second-order valence-corrected chi connectivity index (χ2v) is 4.06. The van der Waals surface area contributed by atoms with Crippen LogP contribution in [0.5, 0.6) is 11.5 Å². The first kappa shape index (κ1) is 15.2. The summed E-state index contributed by atoms with van der Waals surface area (Å²) < 4.78 is 79.6. The average molecular weight is 305 g/mol. The van der Waals surface area contributed by atoms with E-state index in [4.69, 9.17) is 4.74 Å². The molecule has 0 saturated heterocycles. The van der Waals surface area contributed by atoms with Gasteiger partial charge in [-0.05, 0) is 42.5 Å². The topological polar surface area (TPSA) is 9.23 Å². The summed E-state index contributed by atoms with van der Waals surface area (Å²) in [6, 6.07) is 8.63. The van der Waals surface area contributed by atoms with Gasteiger partial charge in [0.1, 0.15) is 11.5 Å². The lowest BCUT2D eigenvalue weighted by Gasteiger charge is -2.11. The summed E-state index contributed by atoms with van der Waals surface area (Å²) in [5, 5.41) is 0. The van der Waals surface area contributed by atoms with Gasteiger partial charge >= 0.3 is 12.4 Å². The number of benzene rings is 2. The molecule has 2 aromatic rings. The van der Waals surface area contributed by atoms with Gasteiger partial charge in [0.2, 0.25) is 0 Å². The molecule has 21 heavy (non-hydrogen) atoms. The molecule has 0 aliphatic rings. The van der Waals surface area contributed by atoms with Gasteiger partial charge in [0.15, 0.2) is 0 Å². The molecule has 7 heteroatoms. The van der Waals surface area contributed by atoms with Crippen molar-refractivity contribution in [2.75, 3.05) is 0 Å². The van der Waals surface area contributed by atoms with Crippen molar-refractivity contribution in [2.24, 2.45) is 0 Å². The third kappa shape index (κ3) is 3.90. The number of rotatable bonds is 2. The third-order valence-corrected chi connectivity index (χ3v) is 2.50. The quantitative estimate of drug-likeness (QED) is 0.683. The molecule has 2 aromatic carbocycles. The molecular weight excluding hydrogens is 298 g/mol. The Morgan fingerprint density at radius 2 is 1.38 bits per heavy atom. The monoisotopic (exact) mass is 305 g/mol. The molecule has 0 unspecified atom stereocenters. The minimum atomic E-state index is -4.57. The summed E-state index contributed by atoms with van der Waals surface area (Å²) in [6.07, 6.45) is -9.05. The zero-order valence-electron chi connectivity index (χ0n) is 10.2. The number of halogens is 6. The molecule has 0 amide bonds. The number of alkyl halides is 6. The minimum absolute atomic E-state index is 0.00215. The molecule has 0 N–H and O–H groups in total. The van der Waals surface area contributed by atoms with Gasteiger partial charge in [0, 0.05) is 0 Å². The second-order valence-electron chi connectivity index (χ2n) is 4.06. The highest BCUT2D eigenvalue weighted by atomic mass is 19.4. The Morgan fingerprint density at radius 3 is 1.90 bits per heavy atom. The SMILES string of the molecule is FC(F)(F)c1[c]ccc(Oc2ccc(C(F)(F)F)cc2)c1. The molecule has 0 saturated carbocycles. The normalized spacial score (nSPS) is 12.3. The molecule has 0 atom stereocenters. The van der Waals surface area contributed by atoms with E-state index >= 15 is 0 Å². The summed E-state index contributed by atoms with van der Waals surface area (Å²) in [5.41, 5.74) is -1.89. The highest BCUT2D eigenvalue weighted by Crippen LogP contribution is 2.34. The fourth-order valence-electron chi connectivity index (χ4n) is 1.52.